The van der Waals surface area contributed by atoms with Gasteiger partial charge >= 0.3 is 0 Å². The molecule has 6 nitrogen and oxygen atoms in total. The van der Waals surface area contributed by atoms with Crippen LogP contribution in [0.3, 0.4) is 0 Å². The predicted octanol–water partition coefficient (Wildman–Crippen LogP) is -0.712. The van der Waals surface area contributed by atoms with E-state index in [-0.39, 0.29) is 5.28 Å². The topological polar surface area (TPSA) is 75.6 Å². The average molecular weight is 176 g/mol. The van der Waals surface area contributed by atoms with Crippen LogP contribution >= 0.6 is 0 Å². The van der Waals surface area contributed by atoms with E-state index < -0.39 is 0 Å². The van der Waals surface area contributed by atoms with Gasteiger partial charge < -0.3 is 10.5 Å². The maximum atomic E-state index is 10.7. The molecule has 0 saturated heterocycles. The highest BCUT2D eigenvalue weighted by atomic mass is 16.6. The molecule has 0 amide bonds. The summed E-state index contributed by atoms with van der Waals surface area (Å²) in [5.74, 6) is 0. The van der Waals surface area contributed by atoms with Crippen LogP contribution in [-0.2, 0) is 0 Å². The monoisotopic (exact) mass is 176 g/mol. The minimum Gasteiger partial charge on any atom is -0.724 e. The molecule has 0 radical (unpaired) electrons. The Hall–Kier alpha value is -0.720. The van der Waals surface area contributed by atoms with Crippen LogP contribution < -0.4 is 5.32 Å². The van der Waals surface area contributed by atoms with E-state index in [9.17, 15) is 10.1 Å². The minimum absolute atomic E-state index is 0.101. The quantitative estimate of drug-likeness (QED) is 0.316. The summed E-state index contributed by atoms with van der Waals surface area (Å²) in [5, 5.41) is 16.5. The Labute approximate surface area is 72.0 Å². The second-order valence-electron chi connectivity index (χ2n) is 2.37. The predicted molar refractivity (Wildman–Crippen MR) is 45.6 cm³/mol. The molecule has 0 spiro atoms. The van der Waals surface area contributed by atoms with Gasteiger partial charge in [0.25, 0.3) is 0 Å². The number of hydrazine groups is 1. The Morgan fingerprint density at radius 1 is 1.50 bits per heavy atom. The Bertz CT molecular complexity index is 122. The first-order valence-electron chi connectivity index (χ1n) is 4.13. The fourth-order valence-corrected chi connectivity index (χ4v) is 0.861. The van der Waals surface area contributed by atoms with E-state index in [0.717, 1.165) is 13.1 Å². The van der Waals surface area contributed by atoms with E-state index >= 15 is 0 Å². The smallest absolute Gasteiger partial charge is 0.0903 e. The molecule has 0 aromatic carbocycles. The van der Waals surface area contributed by atoms with Gasteiger partial charge in [-0.3, -0.25) is 5.28 Å². The Balaban J connectivity index is 3.59. The molecule has 0 bridgehead atoms. The molecule has 0 unspecified atom stereocenters. The van der Waals surface area contributed by atoms with Crippen LogP contribution in [0.15, 0.2) is 5.29 Å². The first kappa shape index (κ1) is 11.3. The lowest BCUT2D eigenvalue weighted by molar-refractivity contribution is -0.652. The Morgan fingerprint density at radius 3 is 2.58 bits per heavy atom. The van der Waals surface area contributed by atoms with Gasteiger partial charge in [0.1, 0.15) is 0 Å². The standard InChI is InChI=1S/C6H15N4O2/c1-3-7-5-6-9(4-2)10(12)8-11/h7H,3-6H2,1-2H3/q-1/p+1. The minimum atomic E-state index is 0.101. The van der Waals surface area contributed by atoms with Gasteiger partial charge in [-0.2, -0.15) is 0 Å². The number of hydrogen-bond acceptors (Lipinski definition) is 4. The maximum Gasteiger partial charge on any atom is 0.0903 e. The first-order chi connectivity index (χ1) is 5.76. The Kier molecular flexibility index (Phi) is 6.54. The van der Waals surface area contributed by atoms with E-state index in [2.05, 4.69) is 10.6 Å². The number of nitrogens with two attached hydrogens (primary N) is 1. The third-order valence-electron chi connectivity index (χ3n) is 1.56. The molecule has 72 valence electrons. The second-order valence-corrected chi connectivity index (χ2v) is 2.37. The third-order valence-corrected chi connectivity index (χ3v) is 1.56. The van der Waals surface area contributed by atoms with E-state index in [1.165, 1.54) is 5.01 Å². The molecule has 0 saturated carbocycles. The zero-order valence-electron chi connectivity index (χ0n) is 7.56. The number of quaternary nitrogens is 1. The van der Waals surface area contributed by atoms with Gasteiger partial charge in [-0.15, -0.1) is 4.91 Å². The highest BCUT2D eigenvalue weighted by Crippen LogP contribution is 1.93. The largest absolute Gasteiger partial charge is 0.724 e. The van der Waals surface area contributed by atoms with E-state index in [1.807, 2.05) is 13.8 Å². The summed E-state index contributed by atoms with van der Waals surface area (Å²) in [6.07, 6.45) is 0. The lowest BCUT2D eigenvalue weighted by Crippen LogP contribution is -2.85. The fraction of sp³-hybridized carbons (Fsp3) is 1.00. The molecule has 0 fully saturated rings. The molecule has 0 aromatic rings. The molecule has 0 aliphatic heterocycles. The van der Waals surface area contributed by atoms with Crippen molar-refractivity contribution >= 4 is 0 Å². The van der Waals surface area contributed by atoms with Gasteiger partial charge in [0.15, 0.2) is 0 Å². The van der Waals surface area contributed by atoms with Gasteiger partial charge in [0, 0.05) is 6.54 Å². The Morgan fingerprint density at radius 2 is 2.17 bits per heavy atom. The van der Waals surface area contributed by atoms with Crippen LogP contribution in [0.1, 0.15) is 13.8 Å². The lowest BCUT2D eigenvalue weighted by Gasteiger charge is -2.32. The summed E-state index contributed by atoms with van der Waals surface area (Å²) < 4.78 is 0. The van der Waals surface area contributed by atoms with E-state index in [0.29, 0.717) is 13.1 Å². The summed E-state index contributed by atoms with van der Waals surface area (Å²) in [4.78, 5) is 9.85. The zero-order valence-corrected chi connectivity index (χ0v) is 7.56. The van der Waals surface area contributed by atoms with Crippen LogP contribution in [-0.4, -0.2) is 36.5 Å². The van der Waals surface area contributed by atoms with Gasteiger partial charge in [-0.05, 0) is 6.92 Å². The van der Waals surface area contributed by atoms with Crippen molar-refractivity contribution in [1.29, 1.82) is 0 Å². The van der Waals surface area contributed by atoms with E-state index in [4.69, 9.17) is 0 Å². The number of nitrogens with zero attached hydrogens (tertiary/aromatic N) is 3. The molecule has 6 heteroatoms. The summed E-state index contributed by atoms with van der Waals surface area (Å²) in [6.45, 7) is 6.68. The van der Waals surface area contributed by atoms with Crippen LogP contribution in [0.25, 0.3) is 0 Å². The lowest BCUT2D eigenvalue weighted by atomic mass is 10.5. The molecular weight excluding hydrogens is 160 g/mol. The van der Waals surface area contributed by atoms with Crippen molar-refractivity contribution in [3.63, 3.8) is 0 Å². The number of likely N-dealkylation sites (N-methyl/N-ethyl adjacent to an activating group) is 2. The zero-order chi connectivity index (χ0) is 9.40. The van der Waals surface area contributed by atoms with Crippen molar-refractivity contribution in [3.05, 3.63) is 10.1 Å². The van der Waals surface area contributed by atoms with Crippen molar-refractivity contribution in [2.45, 2.75) is 13.8 Å². The molecule has 2 N–H and O–H groups in total. The molecule has 0 aromatic heterocycles. The summed E-state index contributed by atoms with van der Waals surface area (Å²) >= 11 is 0. The molecule has 0 aliphatic rings. The molecular formula is C6H16N4O2. The fourth-order valence-electron chi connectivity index (χ4n) is 0.861. The number of hydrogen-bond donors (Lipinski definition) is 1. The van der Waals surface area contributed by atoms with Crippen molar-refractivity contribution in [3.8, 4) is 0 Å². The van der Waals surface area contributed by atoms with Crippen molar-refractivity contribution in [2.75, 3.05) is 26.2 Å². The van der Waals surface area contributed by atoms with Gasteiger partial charge in [-0.1, -0.05) is 6.92 Å². The number of rotatable bonds is 7. The molecule has 0 aliphatic carbocycles. The molecule has 12 heavy (non-hydrogen) atoms. The first-order valence-corrected chi connectivity index (χ1v) is 4.13. The van der Waals surface area contributed by atoms with Crippen LogP contribution in [0.5, 0.6) is 0 Å². The average Bonchev–Trinajstić information content (AvgIpc) is 2.11. The van der Waals surface area contributed by atoms with Crippen molar-refractivity contribution < 1.29 is 5.32 Å². The highest BCUT2D eigenvalue weighted by molar-refractivity contribution is 4.49. The SMILES string of the molecule is CC[NH2+]CCN(CC)N([O-])N=O. The van der Waals surface area contributed by atoms with Crippen LogP contribution in [0, 0.1) is 10.1 Å². The third kappa shape index (κ3) is 4.22. The van der Waals surface area contributed by atoms with Gasteiger partial charge in [-0.25, -0.2) is 5.01 Å². The van der Waals surface area contributed by atoms with E-state index in [1.54, 1.807) is 0 Å². The summed E-state index contributed by atoms with van der Waals surface area (Å²) in [6, 6.07) is 0. The molecule has 0 heterocycles. The van der Waals surface area contributed by atoms with Crippen molar-refractivity contribution in [2.24, 2.45) is 5.29 Å². The van der Waals surface area contributed by atoms with Crippen LogP contribution in [0.4, 0.5) is 0 Å². The van der Waals surface area contributed by atoms with Crippen molar-refractivity contribution in [1.82, 2.24) is 10.3 Å². The summed E-state index contributed by atoms with van der Waals surface area (Å²) in [5.41, 5.74) is 0. The maximum absolute atomic E-state index is 10.7. The van der Waals surface area contributed by atoms with Gasteiger partial charge in [0.05, 0.1) is 24.9 Å². The van der Waals surface area contributed by atoms with Gasteiger partial charge in [0.2, 0.25) is 0 Å². The molecule has 0 rings (SSSR count). The normalized spacial score (nSPS) is 10.3. The second kappa shape index (κ2) is 6.96. The molecule has 0 atom stereocenters. The highest BCUT2D eigenvalue weighted by Gasteiger charge is 2.03. The van der Waals surface area contributed by atoms with Crippen LogP contribution in [0.2, 0.25) is 0 Å². The number of nitroso groups, excluding NO2 is 1. The summed E-state index contributed by atoms with van der Waals surface area (Å²) in [7, 11) is 0.